The fraction of sp³-hybridized carbons (Fsp3) is 0. The van der Waals surface area contributed by atoms with Gasteiger partial charge in [0.25, 0.3) is 0 Å². The molecule has 9 aromatic rings. The molecule has 0 bridgehead atoms. The molecule has 0 atom stereocenters. The van der Waals surface area contributed by atoms with Crippen LogP contribution in [0.5, 0.6) is 0 Å². The highest BCUT2D eigenvalue weighted by molar-refractivity contribution is 7.25. The van der Waals surface area contributed by atoms with E-state index in [-0.39, 0.29) is 0 Å². The first kappa shape index (κ1) is 24.7. The molecule has 6 aromatic carbocycles. The highest BCUT2D eigenvalue weighted by atomic mass is 32.1. The molecule has 44 heavy (non-hydrogen) atoms. The fourth-order valence-corrected chi connectivity index (χ4v) is 7.49. The molecule has 0 aliphatic heterocycles. The van der Waals surface area contributed by atoms with E-state index in [1.807, 2.05) is 47.7 Å². The molecule has 9 rings (SSSR count). The molecule has 4 nitrogen and oxygen atoms in total. The Bertz CT molecular complexity index is 2620. The number of aromatic nitrogens is 3. The molecule has 204 valence electrons. The number of hydrogen-bond acceptors (Lipinski definition) is 3. The van der Waals surface area contributed by atoms with Gasteiger partial charge in [0.2, 0.25) is 5.95 Å². The van der Waals surface area contributed by atoms with Crippen molar-refractivity contribution in [2.45, 2.75) is 0 Å². The maximum atomic E-state index is 7.38. The maximum absolute atomic E-state index is 7.38. The van der Waals surface area contributed by atoms with Gasteiger partial charge in [-0.05, 0) is 47.5 Å². The van der Waals surface area contributed by atoms with Crippen LogP contribution in [0.1, 0.15) is 0 Å². The van der Waals surface area contributed by atoms with E-state index in [1.165, 1.54) is 30.9 Å². The van der Waals surface area contributed by atoms with Crippen LogP contribution in [-0.4, -0.2) is 14.5 Å². The summed E-state index contributed by atoms with van der Waals surface area (Å²) in [7, 11) is 0. The van der Waals surface area contributed by atoms with E-state index in [0.717, 1.165) is 44.3 Å². The van der Waals surface area contributed by atoms with Gasteiger partial charge in [-0.2, -0.15) is 0 Å². The van der Waals surface area contributed by atoms with Gasteiger partial charge in [-0.15, -0.1) is 11.3 Å². The van der Waals surface area contributed by atoms with Gasteiger partial charge in [-0.25, -0.2) is 14.8 Å². The van der Waals surface area contributed by atoms with Crippen molar-refractivity contribution in [1.29, 1.82) is 0 Å². The number of rotatable bonds is 3. The summed E-state index contributed by atoms with van der Waals surface area (Å²) in [5.74, 6) is 0.651. The molecule has 0 amide bonds. The summed E-state index contributed by atoms with van der Waals surface area (Å²) in [6.07, 6.45) is 0. The predicted octanol–water partition coefficient (Wildman–Crippen LogP) is 11.0. The molecule has 0 aliphatic rings. The monoisotopic (exact) mass is 578 g/mol. The van der Waals surface area contributed by atoms with Crippen molar-refractivity contribution in [3.8, 4) is 28.3 Å². The summed E-state index contributed by atoms with van der Waals surface area (Å²) in [5.41, 5.74) is 7.70. The topological polar surface area (TPSA) is 35.1 Å². The largest absolute Gasteiger partial charge is 0.278 e. The van der Waals surface area contributed by atoms with Crippen molar-refractivity contribution < 1.29 is 0 Å². The van der Waals surface area contributed by atoms with Crippen molar-refractivity contribution in [2.24, 2.45) is 0 Å². The van der Waals surface area contributed by atoms with Gasteiger partial charge in [0.1, 0.15) is 0 Å². The third-order valence-electron chi connectivity index (χ3n) is 8.43. The Hall–Kier alpha value is -5.83. The highest BCUT2D eigenvalue weighted by Gasteiger charge is 2.19. The van der Waals surface area contributed by atoms with E-state index >= 15 is 0 Å². The summed E-state index contributed by atoms with van der Waals surface area (Å²) in [6.45, 7) is 7.38. The second-order valence-electron chi connectivity index (χ2n) is 10.9. The van der Waals surface area contributed by atoms with Crippen LogP contribution in [-0.2, 0) is 0 Å². The van der Waals surface area contributed by atoms with E-state index in [9.17, 15) is 0 Å². The van der Waals surface area contributed by atoms with Crippen LogP contribution in [0.4, 0.5) is 5.69 Å². The van der Waals surface area contributed by atoms with Crippen molar-refractivity contribution in [3.63, 3.8) is 0 Å². The van der Waals surface area contributed by atoms with Crippen LogP contribution in [0.3, 0.4) is 0 Å². The Labute approximate surface area is 256 Å². The first-order valence-electron chi connectivity index (χ1n) is 14.5. The minimum atomic E-state index is 0.636. The fourth-order valence-electron chi connectivity index (χ4n) is 6.36. The minimum absolute atomic E-state index is 0.636. The van der Waals surface area contributed by atoms with Crippen molar-refractivity contribution >= 4 is 69.9 Å². The maximum Gasteiger partial charge on any atom is 0.235 e. The molecule has 0 radical (unpaired) electrons. The third kappa shape index (κ3) is 3.75. The zero-order chi connectivity index (χ0) is 29.2. The first-order valence-corrected chi connectivity index (χ1v) is 15.3. The van der Waals surface area contributed by atoms with Crippen LogP contribution in [0.2, 0.25) is 0 Å². The molecule has 5 heteroatoms. The first-order chi connectivity index (χ1) is 21.7. The van der Waals surface area contributed by atoms with Crippen LogP contribution < -0.4 is 0 Å². The molecule has 3 heterocycles. The van der Waals surface area contributed by atoms with Crippen LogP contribution >= 0.6 is 11.3 Å². The average Bonchev–Trinajstić information content (AvgIpc) is 3.61. The summed E-state index contributed by atoms with van der Waals surface area (Å²) < 4.78 is 4.79. The number of benzene rings is 6. The van der Waals surface area contributed by atoms with Crippen molar-refractivity contribution in [1.82, 2.24) is 14.5 Å². The predicted molar refractivity (Wildman–Crippen MR) is 184 cm³/mol. The third-order valence-corrected chi connectivity index (χ3v) is 9.56. The normalized spacial score (nSPS) is 11.6. The van der Waals surface area contributed by atoms with Gasteiger partial charge in [-0.3, -0.25) is 4.57 Å². The zero-order valence-electron chi connectivity index (χ0n) is 23.4. The van der Waals surface area contributed by atoms with Gasteiger partial charge in [0, 0.05) is 41.9 Å². The lowest BCUT2D eigenvalue weighted by Gasteiger charge is -2.12. The number of fused-ring (bicyclic) bond motifs is 7. The Balaban J connectivity index is 1.29. The van der Waals surface area contributed by atoms with Gasteiger partial charge >= 0.3 is 0 Å². The number of para-hydroxylation sites is 2. The lowest BCUT2D eigenvalue weighted by atomic mass is 10.0. The van der Waals surface area contributed by atoms with E-state index in [2.05, 4.69) is 106 Å². The summed E-state index contributed by atoms with van der Waals surface area (Å²) in [4.78, 5) is 14.0. The lowest BCUT2D eigenvalue weighted by molar-refractivity contribution is 1.01. The molecule has 3 aromatic heterocycles. The average molecular weight is 579 g/mol. The second kappa shape index (κ2) is 9.60. The van der Waals surface area contributed by atoms with Crippen LogP contribution in [0.25, 0.3) is 86.1 Å². The lowest BCUT2D eigenvalue weighted by Crippen LogP contribution is -2.03. The standard InChI is InChI=1S/C39H22N4S/c1-40-27-10-8-9-26(21-27)24-17-19-25(20-18-24)38-30-13-2-5-14-33(30)41-39(42-38)43-34-15-6-3-11-28(34)31-23-37-32(22-35(31)43)29-12-4-7-16-36(29)44-37/h2-23H. The smallest absolute Gasteiger partial charge is 0.235 e. The van der Waals surface area contributed by atoms with E-state index < -0.39 is 0 Å². The molecule has 0 spiro atoms. The van der Waals surface area contributed by atoms with Gasteiger partial charge in [0.15, 0.2) is 5.69 Å². The summed E-state index contributed by atoms with van der Waals surface area (Å²) in [6, 6.07) is 46.2. The van der Waals surface area contributed by atoms with E-state index in [1.54, 1.807) is 0 Å². The quantitative estimate of drug-likeness (QED) is 0.196. The molecule has 0 fully saturated rings. The Kier molecular flexibility index (Phi) is 5.40. The molecule has 0 saturated carbocycles. The number of thiophene rings is 1. The summed E-state index contributed by atoms with van der Waals surface area (Å²) in [5, 5.41) is 5.91. The van der Waals surface area contributed by atoms with Gasteiger partial charge in [0.05, 0.1) is 28.8 Å². The highest BCUT2D eigenvalue weighted by Crippen LogP contribution is 2.40. The number of nitrogens with zero attached hydrogens (tertiary/aromatic N) is 4. The Morgan fingerprint density at radius 1 is 0.523 bits per heavy atom. The molecule has 0 aliphatic carbocycles. The molecular formula is C39H22N4S. The Morgan fingerprint density at radius 3 is 2.14 bits per heavy atom. The molecule has 0 saturated heterocycles. The van der Waals surface area contributed by atoms with Crippen LogP contribution in [0, 0.1) is 6.57 Å². The van der Waals surface area contributed by atoms with E-state index in [0.29, 0.717) is 11.6 Å². The van der Waals surface area contributed by atoms with Crippen LogP contribution in [0.15, 0.2) is 133 Å². The SMILES string of the molecule is [C-]#[N+]c1cccc(-c2ccc(-c3nc(-n4c5ccccc5c5cc6sc7ccccc7c6cc54)nc4ccccc34)cc2)c1. The second-order valence-corrected chi connectivity index (χ2v) is 12.0. The number of hydrogen-bond donors (Lipinski definition) is 0. The minimum Gasteiger partial charge on any atom is -0.278 e. The van der Waals surface area contributed by atoms with E-state index in [4.69, 9.17) is 16.5 Å². The Morgan fingerprint density at radius 2 is 1.27 bits per heavy atom. The zero-order valence-corrected chi connectivity index (χ0v) is 24.2. The van der Waals surface area contributed by atoms with Gasteiger partial charge in [-0.1, -0.05) is 97.1 Å². The molecule has 0 unspecified atom stereocenters. The van der Waals surface area contributed by atoms with Crippen molar-refractivity contribution in [3.05, 3.63) is 145 Å². The molecule has 0 N–H and O–H groups in total. The van der Waals surface area contributed by atoms with Gasteiger partial charge < -0.3 is 0 Å². The van der Waals surface area contributed by atoms with Crippen molar-refractivity contribution in [2.75, 3.05) is 0 Å². The molecular weight excluding hydrogens is 557 g/mol. The summed E-state index contributed by atoms with van der Waals surface area (Å²) >= 11 is 1.84.